The van der Waals surface area contributed by atoms with Gasteiger partial charge >= 0.3 is 6.03 Å². The fourth-order valence-electron chi connectivity index (χ4n) is 2.47. The number of halogens is 2. The van der Waals surface area contributed by atoms with Gasteiger partial charge in [0.1, 0.15) is 5.75 Å². The second-order valence-corrected chi connectivity index (χ2v) is 5.52. The van der Waals surface area contributed by atoms with E-state index < -0.39 is 23.2 Å². The standard InChI is InChI=1S/C17H16F2N2O2/c1-23-13-5-2-11(3-6-13)17(8-9-17)21-16(22)20-12-4-7-14(18)15(19)10-12/h2-7,10H,8-9H2,1H3,(H2,20,21,22). The van der Waals surface area contributed by atoms with Gasteiger partial charge in [-0.25, -0.2) is 13.6 Å². The molecular formula is C17H16F2N2O2. The van der Waals surface area contributed by atoms with Gasteiger partial charge in [0.15, 0.2) is 11.6 Å². The highest BCUT2D eigenvalue weighted by atomic mass is 19.2. The minimum atomic E-state index is -1.00. The zero-order chi connectivity index (χ0) is 16.4. The second kappa shape index (κ2) is 5.87. The maximum Gasteiger partial charge on any atom is 0.319 e. The van der Waals surface area contributed by atoms with E-state index in [1.165, 1.54) is 6.07 Å². The number of anilines is 1. The number of ether oxygens (including phenoxy) is 1. The SMILES string of the molecule is COc1ccc(C2(NC(=O)Nc3ccc(F)c(F)c3)CC2)cc1. The molecule has 0 atom stereocenters. The van der Waals surface area contributed by atoms with E-state index in [1.807, 2.05) is 24.3 Å². The minimum absolute atomic E-state index is 0.201. The summed E-state index contributed by atoms with van der Waals surface area (Å²) in [4.78, 5) is 12.1. The first-order chi connectivity index (χ1) is 11.0. The molecule has 6 heteroatoms. The van der Waals surface area contributed by atoms with Crippen molar-refractivity contribution in [3.63, 3.8) is 0 Å². The highest BCUT2D eigenvalue weighted by Gasteiger charge is 2.45. The summed E-state index contributed by atoms with van der Waals surface area (Å²) in [5.74, 6) is -1.21. The molecule has 4 nitrogen and oxygen atoms in total. The lowest BCUT2D eigenvalue weighted by atomic mass is 10.1. The topological polar surface area (TPSA) is 50.4 Å². The molecule has 0 radical (unpaired) electrons. The number of amides is 2. The number of benzene rings is 2. The Kier molecular flexibility index (Phi) is 3.90. The van der Waals surface area contributed by atoms with E-state index in [4.69, 9.17) is 4.74 Å². The quantitative estimate of drug-likeness (QED) is 0.901. The van der Waals surface area contributed by atoms with Crippen molar-refractivity contribution < 1.29 is 18.3 Å². The summed E-state index contributed by atoms with van der Waals surface area (Å²) in [5, 5.41) is 5.41. The molecule has 0 heterocycles. The van der Waals surface area contributed by atoms with Crippen LogP contribution in [0.1, 0.15) is 18.4 Å². The molecule has 2 amide bonds. The lowest BCUT2D eigenvalue weighted by Gasteiger charge is -2.19. The average molecular weight is 318 g/mol. The summed E-state index contributed by atoms with van der Waals surface area (Å²) < 4.78 is 31.2. The maximum atomic E-state index is 13.2. The summed E-state index contributed by atoms with van der Waals surface area (Å²) in [7, 11) is 1.59. The Morgan fingerprint density at radius 3 is 2.35 bits per heavy atom. The van der Waals surface area contributed by atoms with E-state index in [9.17, 15) is 13.6 Å². The van der Waals surface area contributed by atoms with Crippen molar-refractivity contribution in [3.8, 4) is 5.75 Å². The zero-order valence-corrected chi connectivity index (χ0v) is 12.5. The number of carbonyl (C=O) groups is 1. The van der Waals surface area contributed by atoms with Crippen LogP contribution >= 0.6 is 0 Å². The smallest absolute Gasteiger partial charge is 0.319 e. The lowest BCUT2D eigenvalue weighted by molar-refractivity contribution is 0.247. The molecule has 1 aliphatic rings. The van der Waals surface area contributed by atoms with Crippen LogP contribution in [0, 0.1) is 11.6 Å². The van der Waals surface area contributed by atoms with Gasteiger partial charge < -0.3 is 15.4 Å². The van der Waals surface area contributed by atoms with Crippen molar-refractivity contribution >= 4 is 11.7 Å². The predicted octanol–water partition coefficient (Wildman–Crippen LogP) is 3.78. The molecule has 3 rings (SSSR count). The summed E-state index contributed by atoms with van der Waals surface area (Å²) in [6, 6.07) is 10.3. The normalized spacial score (nSPS) is 14.9. The molecule has 0 aliphatic heterocycles. The number of urea groups is 1. The number of nitrogens with one attached hydrogen (secondary N) is 2. The van der Waals surface area contributed by atoms with Crippen LogP contribution in [0.25, 0.3) is 0 Å². The third-order valence-electron chi connectivity index (χ3n) is 3.92. The predicted molar refractivity (Wildman–Crippen MR) is 82.4 cm³/mol. The number of carbonyl (C=O) groups excluding carboxylic acids is 1. The summed E-state index contributed by atoms with van der Waals surface area (Å²) in [5.41, 5.74) is 0.778. The van der Waals surface area contributed by atoms with Crippen LogP contribution in [0.5, 0.6) is 5.75 Å². The van der Waals surface area contributed by atoms with E-state index in [0.717, 1.165) is 36.3 Å². The van der Waals surface area contributed by atoms with Gasteiger partial charge in [-0.1, -0.05) is 12.1 Å². The number of hydrogen-bond acceptors (Lipinski definition) is 2. The Hall–Kier alpha value is -2.63. The van der Waals surface area contributed by atoms with Gasteiger partial charge in [0.2, 0.25) is 0 Å². The van der Waals surface area contributed by atoms with Gasteiger partial charge in [0.25, 0.3) is 0 Å². The highest BCUT2D eigenvalue weighted by Crippen LogP contribution is 2.45. The van der Waals surface area contributed by atoms with E-state index >= 15 is 0 Å². The first-order valence-electron chi connectivity index (χ1n) is 7.21. The molecule has 0 spiro atoms. The van der Waals surface area contributed by atoms with Crippen LogP contribution in [0.3, 0.4) is 0 Å². The lowest BCUT2D eigenvalue weighted by Crippen LogP contribution is -2.38. The van der Waals surface area contributed by atoms with E-state index in [1.54, 1.807) is 7.11 Å². The third kappa shape index (κ3) is 3.26. The van der Waals surface area contributed by atoms with Crippen LogP contribution in [0.15, 0.2) is 42.5 Å². The summed E-state index contributed by atoms with van der Waals surface area (Å²) >= 11 is 0. The highest BCUT2D eigenvalue weighted by molar-refractivity contribution is 5.90. The van der Waals surface area contributed by atoms with Gasteiger partial charge in [-0.2, -0.15) is 0 Å². The summed E-state index contributed by atoms with van der Waals surface area (Å²) in [6.45, 7) is 0. The summed E-state index contributed by atoms with van der Waals surface area (Å²) in [6.07, 6.45) is 1.65. The fraction of sp³-hybridized carbons (Fsp3) is 0.235. The largest absolute Gasteiger partial charge is 0.497 e. The van der Waals surface area contributed by atoms with E-state index in [0.29, 0.717) is 0 Å². The molecule has 2 aromatic carbocycles. The zero-order valence-electron chi connectivity index (χ0n) is 12.5. The monoisotopic (exact) mass is 318 g/mol. The molecule has 0 saturated heterocycles. The molecule has 23 heavy (non-hydrogen) atoms. The van der Waals surface area contributed by atoms with Crippen LogP contribution in [0.2, 0.25) is 0 Å². The van der Waals surface area contributed by atoms with Crippen LogP contribution in [-0.2, 0) is 5.54 Å². The molecule has 2 N–H and O–H groups in total. The molecule has 1 fully saturated rings. The first-order valence-corrected chi connectivity index (χ1v) is 7.21. The minimum Gasteiger partial charge on any atom is -0.497 e. The Morgan fingerprint density at radius 2 is 1.78 bits per heavy atom. The Balaban J connectivity index is 1.67. The Labute approximate surface area is 132 Å². The molecule has 0 unspecified atom stereocenters. The molecule has 120 valence electrons. The second-order valence-electron chi connectivity index (χ2n) is 5.52. The molecule has 1 aliphatic carbocycles. The molecule has 0 bridgehead atoms. The van der Waals surface area contributed by atoms with E-state index in [-0.39, 0.29) is 5.69 Å². The number of hydrogen-bond donors (Lipinski definition) is 2. The fourth-order valence-corrected chi connectivity index (χ4v) is 2.47. The van der Waals surface area contributed by atoms with Crippen LogP contribution in [0.4, 0.5) is 19.3 Å². The first kappa shape index (κ1) is 15.3. The van der Waals surface area contributed by atoms with Crippen molar-refractivity contribution in [2.24, 2.45) is 0 Å². The van der Waals surface area contributed by atoms with Gasteiger partial charge in [0.05, 0.1) is 12.6 Å². The van der Waals surface area contributed by atoms with Gasteiger partial charge in [-0.3, -0.25) is 0 Å². The molecule has 2 aromatic rings. The van der Waals surface area contributed by atoms with Gasteiger partial charge in [-0.15, -0.1) is 0 Å². The van der Waals surface area contributed by atoms with Crippen molar-refractivity contribution in [3.05, 3.63) is 59.7 Å². The van der Waals surface area contributed by atoms with Gasteiger partial charge in [0, 0.05) is 11.8 Å². The Morgan fingerprint density at radius 1 is 1.09 bits per heavy atom. The van der Waals surface area contributed by atoms with Crippen molar-refractivity contribution in [2.45, 2.75) is 18.4 Å². The van der Waals surface area contributed by atoms with Crippen molar-refractivity contribution in [1.29, 1.82) is 0 Å². The van der Waals surface area contributed by atoms with Crippen molar-refractivity contribution in [1.82, 2.24) is 5.32 Å². The average Bonchev–Trinajstić information content (AvgIpc) is 3.31. The number of rotatable bonds is 4. The third-order valence-corrected chi connectivity index (χ3v) is 3.92. The Bertz CT molecular complexity index is 728. The number of methoxy groups -OCH3 is 1. The van der Waals surface area contributed by atoms with Crippen molar-refractivity contribution in [2.75, 3.05) is 12.4 Å². The van der Waals surface area contributed by atoms with Gasteiger partial charge in [-0.05, 0) is 42.7 Å². The maximum absolute atomic E-state index is 13.2. The molecule has 0 aromatic heterocycles. The van der Waals surface area contributed by atoms with Crippen LogP contribution < -0.4 is 15.4 Å². The van der Waals surface area contributed by atoms with Crippen LogP contribution in [-0.4, -0.2) is 13.1 Å². The van der Waals surface area contributed by atoms with E-state index in [2.05, 4.69) is 10.6 Å². The molecular weight excluding hydrogens is 302 g/mol. The molecule has 1 saturated carbocycles.